The molecule has 0 fully saturated rings. The van der Waals surface area contributed by atoms with Crippen LogP contribution in [-0.4, -0.2) is 5.11 Å². The molecule has 0 amide bonds. The number of aromatic hydroxyl groups is 1. The molecule has 0 aromatic heterocycles. The van der Waals surface area contributed by atoms with Crippen LogP contribution in [0, 0.1) is 0 Å². The molecule has 2 aromatic rings. The Labute approximate surface area is 95.7 Å². The second-order valence-electron chi connectivity index (χ2n) is 3.64. The van der Waals surface area contributed by atoms with Crippen LogP contribution in [0.15, 0.2) is 54.6 Å². The van der Waals surface area contributed by atoms with E-state index in [9.17, 15) is 5.11 Å². The molecule has 0 unspecified atom stereocenters. The van der Waals surface area contributed by atoms with Gasteiger partial charge in [-0.2, -0.15) is 0 Å². The minimum absolute atomic E-state index is 0.317. The molecule has 1 nitrogen and oxygen atoms in total. The monoisotopic (exact) mass is 210 g/mol. The van der Waals surface area contributed by atoms with Crippen molar-refractivity contribution >= 4 is 6.08 Å². The topological polar surface area (TPSA) is 20.2 Å². The normalized spacial score (nSPS) is 10.8. The van der Waals surface area contributed by atoms with E-state index in [4.69, 9.17) is 0 Å². The van der Waals surface area contributed by atoms with Gasteiger partial charge in [-0.15, -0.1) is 0 Å². The van der Waals surface area contributed by atoms with Crippen molar-refractivity contribution in [3.05, 3.63) is 60.2 Å². The Balaban J connectivity index is 2.48. The molecule has 0 aliphatic carbocycles. The fourth-order valence-corrected chi connectivity index (χ4v) is 1.68. The molecular weight excluding hydrogens is 196 g/mol. The summed E-state index contributed by atoms with van der Waals surface area (Å²) < 4.78 is 0. The predicted octanol–water partition coefficient (Wildman–Crippen LogP) is 4.09. The smallest absolute Gasteiger partial charge is 0.122 e. The Morgan fingerprint density at radius 3 is 2.38 bits per heavy atom. The van der Waals surface area contributed by atoms with Crippen molar-refractivity contribution in [2.24, 2.45) is 0 Å². The Kier molecular flexibility index (Phi) is 3.06. The minimum Gasteiger partial charge on any atom is -0.507 e. The standard InChI is InChI=1S/C15H14O/c1-2-6-14-11-13(9-10-15(14)16)12-7-4-3-5-8-12/h2-11,16H,1H3. The lowest BCUT2D eigenvalue weighted by molar-refractivity contribution is 0.474. The van der Waals surface area contributed by atoms with Crippen LogP contribution in [0.5, 0.6) is 5.75 Å². The first-order chi connectivity index (χ1) is 7.81. The first kappa shape index (κ1) is 10.5. The van der Waals surface area contributed by atoms with Crippen molar-refractivity contribution in [3.63, 3.8) is 0 Å². The molecule has 0 atom stereocenters. The lowest BCUT2D eigenvalue weighted by Crippen LogP contribution is -1.80. The summed E-state index contributed by atoms with van der Waals surface area (Å²) >= 11 is 0. The third kappa shape index (κ3) is 2.14. The van der Waals surface area contributed by atoms with E-state index in [1.807, 2.05) is 49.4 Å². The van der Waals surface area contributed by atoms with Crippen LogP contribution in [0.4, 0.5) is 0 Å². The molecule has 1 heteroatoms. The van der Waals surface area contributed by atoms with Crippen LogP contribution >= 0.6 is 0 Å². The van der Waals surface area contributed by atoms with Gasteiger partial charge in [0.1, 0.15) is 5.75 Å². The molecule has 0 radical (unpaired) electrons. The van der Waals surface area contributed by atoms with Crippen molar-refractivity contribution in [1.29, 1.82) is 0 Å². The van der Waals surface area contributed by atoms with Crippen molar-refractivity contribution in [2.75, 3.05) is 0 Å². The number of phenolic OH excluding ortho intramolecular Hbond substituents is 1. The number of benzene rings is 2. The van der Waals surface area contributed by atoms with Crippen molar-refractivity contribution in [2.45, 2.75) is 6.92 Å². The molecule has 0 heterocycles. The first-order valence-electron chi connectivity index (χ1n) is 5.32. The molecule has 1 N–H and O–H groups in total. The molecule has 0 bridgehead atoms. The van der Waals surface area contributed by atoms with Crippen LogP contribution in [0.2, 0.25) is 0 Å². The fraction of sp³-hybridized carbons (Fsp3) is 0.0667. The van der Waals surface area contributed by atoms with Crippen LogP contribution in [0.1, 0.15) is 12.5 Å². The highest BCUT2D eigenvalue weighted by Crippen LogP contribution is 2.26. The van der Waals surface area contributed by atoms with Gasteiger partial charge in [0.15, 0.2) is 0 Å². The number of phenols is 1. The quantitative estimate of drug-likeness (QED) is 0.791. The van der Waals surface area contributed by atoms with Crippen LogP contribution in [0.3, 0.4) is 0 Å². The van der Waals surface area contributed by atoms with E-state index >= 15 is 0 Å². The van der Waals surface area contributed by atoms with Gasteiger partial charge >= 0.3 is 0 Å². The van der Waals surface area contributed by atoms with Gasteiger partial charge in [-0.3, -0.25) is 0 Å². The number of allylic oxidation sites excluding steroid dienone is 1. The maximum absolute atomic E-state index is 9.66. The third-order valence-electron chi connectivity index (χ3n) is 2.48. The van der Waals surface area contributed by atoms with E-state index in [0.717, 1.165) is 16.7 Å². The molecule has 2 rings (SSSR count). The van der Waals surface area contributed by atoms with E-state index < -0.39 is 0 Å². The molecule has 80 valence electrons. The fourth-order valence-electron chi connectivity index (χ4n) is 1.68. The van der Waals surface area contributed by atoms with Gasteiger partial charge in [-0.25, -0.2) is 0 Å². The number of rotatable bonds is 2. The SMILES string of the molecule is CC=Cc1cc(-c2ccccc2)ccc1O. The summed E-state index contributed by atoms with van der Waals surface area (Å²) in [5, 5.41) is 9.66. The molecule has 2 aromatic carbocycles. The lowest BCUT2D eigenvalue weighted by Gasteiger charge is -2.04. The van der Waals surface area contributed by atoms with E-state index in [0.29, 0.717) is 5.75 Å². The molecule has 0 saturated carbocycles. The molecule has 16 heavy (non-hydrogen) atoms. The third-order valence-corrected chi connectivity index (χ3v) is 2.48. The molecule has 0 saturated heterocycles. The van der Waals surface area contributed by atoms with E-state index in [2.05, 4.69) is 12.1 Å². The number of hydrogen-bond donors (Lipinski definition) is 1. The van der Waals surface area contributed by atoms with Crippen molar-refractivity contribution in [3.8, 4) is 16.9 Å². The maximum atomic E-state index is 9.66. The Morgan fingerprint density at radius 2 is 1.69 bits per heavy atom. The Hall–Kier alpha value is -2.02. The summed E-state index contributed by atoms with van der Waals surface area (Å²) in [5.74, 6) is 0.317. The Bertz CT molecular complexity index is 498. The van der Waals surface area contributed by atoms with Crippen LogP contribution in [0.25, 0.3) is 17.2 Å². The molecule has 0 aliphatic heterocycles. The molecule has 0 spiro atoms. The largest absolute Gasteiger partial charge is 0.507 e. The predicted molar refractivity (Wildman–Crippen MR) is 68.3 cm³/mol. The molecule has 0 aliphatic rings. The molecular formula is C15H14O. The van der Waals surface area contributed by atoms with Crippen LogP contribution < -0.4 is 0 Å². The first-order valence-corrected chi connectivity index (χ1v) is 5.32. The summed E-state index contributed by atoms with van der Waals surface area (Å²) in [6.45, 7) is 1.94. The van der Waals surface area contributed by atoms with Gasteiger partial charge < -0.3 is 5.11 Å². The van der Waals surface area contributed by atoms with Crippen molar-refractivity contribution in [1.82, 2.24) is 0 Å². The van der Waals surface area contributed by atoms with Gasteiger partial charge in [-0.05, 0) is 30.2 Å². The highest BCUT2D eigenvalue weighted by molar-refractivity contribution is 5.70. The summed E-state index contributed by atoms with van der Waals surface area (Å²) in [4.78, 5) is 0. The average Bonchev–Trinajstić information content (AvgIpc) is 2.33. The highest BCUT2D eigenvalue weighted by atomic mass is 16.3. The summed E-state index contributed by atoms with van der Waals surface area (Å²) in [6, 6.07) is 15.8. The summed E-state index contributed by atoms with van der Waals surface area (Å²) in [7, 11) is 0. The van der Waals surface area contributed by atoms with E-state index in [-0.39, 0.29) is 0 Å². The van der Waals surface area contributed by atoms with Crippen LogP contribution in [-0.2, 0) is 0 Å². The van der Waals surface area contributed by atoms with Gasteiger partial charge in [0.05, 0.1) is 0 Å². The van der Waals surface area contributed by atoms with Gasteiger partial charge in [0, 0.05) is 5.56 Å². The Morgan fingerprint density at radius 1 is 0.938 bits per heavy atom. The number of hydrogen-bond acceptors (Lipinski definition) is 1. The van der Waals surface area contributed by atoms with Crippen molar-refractivity contribution < 1.29 is 5.11 Å². The van der Waals surface area contributed by atoms with E-state index in [1.165, 1.54) is 0 Å². The summed E-state index contributed by atoms with van der Waals surface area (Å²) in [6.07, 6.45) is 3.82. The van der Waals surface area contributed by atoms with Gasteiger partial charge in [0.25, 0.3) is 0 Å². The minimum atomic E-state index is 0.317. The van der Waals surface area contributed by atoms with Gasteiger partial charge in [-0.1, -0.05) is 48.6 Å². The highest BCUT2D eigenvalue weighted by Gasteiger charge is 2.01. The van der Waals surface area contributed by atoms with E-state index in [1.54, 1.807) is 6.07 Å². The zero-order valence-corrected chi connectivity index (χ0v) is 9.22. The zero-order chi connectivity index (χ0) is 11.4. The maximum Gasteiger partial charge on any atom is 0.122 e. The summed E-state index contributed by atoms with van der Waals surface area (Å²) in [5.41, 5.74) is 3.13. The second kappa shape index (κ2) is 4.67. The average molecular weight is 210 g/mol. The second-order valence-corrected chi connectivity index (χ2v) is 3.64. The van der Waals surface area contributed by atoms with Gasteiger partial charge in [0.2, 0.25) is 0 Å². The lowest BCUT2D eigenvalue weighted by atomic mass is 10.0. The zero-order valence-electron chi connectivity index (χ0n) is 9.22.